The third-order valence-electron chi connectivity index (χ3n) is 0.729. The van der Waals surface area contributed by atoms with Crippen LogP contribution in [0.5, 0.6) is 0 Å². The fourth-order valence-corrected chi connectivity index (χ4v) is 0.398. The zero-order valence-corrected chi connectivity index (χ0v) is 5.89. The molecule has 0 unspecified atom stereocenters. The fraction of sp³-hybridized carbons (Fsp3) is 0. The molecule has 0 amide bonds. The Morgan fingerprint density at radius 1 is 1.25 bits per heavy atom. The summed E-state index contributed by atoms with van der Waals surface area (Å²) >= 11 is 0. The van der Waals surface area contributed by atoms with Crippen molar-refractivity contribution in [3.63, 3.8) is 0 Å². The summed E-state index contributed by atoms with van der Waals surface area (Å²) in [6.45, 7) is 0. The monoisotopic (exact) mass is 173 g/mol. The van der Waals surface area contributed by atoms with Crippen LogP contribution in [0, 0.1) is 0 Å². The Bertz CT molecular complexity index is 264. The second kappa shape index (κ2) is 3.96. The van der Waals surface area contributed by atoms with E-state index in [1.54, 1.807) is 0 Å². The molecular weight excluding hydrogens is 166 g/mol. The normalized spacial score (nSPS) is 10.5. The molecule has 0 saturated carbocycles. The Morgan fingerprint density at radius 2 is 1.75 bits per heavy atom. The van der Waals surface area contributed by atoms with Gasteiger partial charge in [-0.2, -0.15) is 0 Å². The zero-order valence-electron chi connectivity index (χ0n) is 5.89. The number of carbonyl (C=O) groups is 2. The molecule has 0 radical (unpaired) electrons. The van der Waals surface area contributed by atoms with Crippen molar-refractivity contribution in [1.29, 1.82) is 0 Å². The van der Waals surface area contributed by atoms with Crippen molar-refractivity contribution in [1.82, 2.24) is 0 Å². The topological polar surface area (TPSA) is 139 Å². The molecular formula is C5H7N3O4. The van der Waals surface area contributed by atoms with Gasteiger partial charge >= 0.3 is 11.9 Å². The van der Waals surface area contributed by atoms with Crippen LogP contribution in [0.4, 0.5) is 0 Å². The van der Waals surface area contributed by atoms with Crippen molar-refractivity contribution in [2.45, 2.75) is 0 Å². The third kappa shape index (κ3) is 3.88. The first-order valence-electron chi connectivity index (χ1n) is 2.71. The Labute approximate surface area is 67.0 Å². The van der Waals surface area contributed by atoms with Crippen LogP contribution < -0.4 is 11.5 Å². The van der Waals surface area contributed by atoms with E-state index in [9.17, 15) is 9.59 Å². The first kappa shape index (κ1) is 9.95. The lowest BCUT2D eigenvalue weighted by Gasteiger charge is -1.93. The van der Waals surface area contributed by atoms with Crippen molar-refractivity contribution in [3.8, 4) is 0 Å². The van der Waals surface area contributed by atoms with Crippen LogP contribution in [0.15, 0.2) is 16.8 Å². The van der Waals surface area contributed by atoms with Gasteiger partial charge in [-0.15, -0.1) is 0 Å². The molecule has 0 heterocycles. The number of hydrogen-bond acceptors (Lipinski definition) is 3. The smallest absolute Gasteiger partial charge is 0.354 e. The molecule has 12 heavy (non-hydrogen) atoms. The van der Waals surface area contributed by atoms with Gasteiger partial charge in [0.15, 0.2) is 11.7 Å². The highest BCUT2D eigenvalue weighted by molar-refractivity contribution is 5.96. The van der Waals surface area contributed by atoms with E-state index >= 15 is 0 Å². The molecule has 6 N–H and O–H groups in total. The third-order valence-corrected chi connectivity index (χ3v) is 0.729. The molecule has 7 heteroatoms. The summed E-state index contributed by atoms with van der Waals surface area (Å²) in [5.74, 6) is -3.45. The summed E-state index contributed by atoms with van der Waals surface area (Å²) in [5.41, 5.74) is 8.96. The second-order valence-electron chi connectivity index (χ2n) is 1.71. The van der Waals surface area contributed by atoms with Gasteiger partial charge in [0, 0.05) is 0 Å². The summed E-state index contributed by atoms with van der Waals surface area (Å²) in [6.07, 6.45) is 0.391. The van der Waals surface area contributed by atoms with Gasteiger partial charge < -0.3 is 21.7 Å². The number of carboxylic acids is 2. The summed E-state index contributed by atoms with van der Waals surface area (Å²) in [5, 5.41) is 16.5. The van der Waals surface area contributed by atoms with E-state index < -0.39 is 23.6 Å². The van der Waals surface area contributed by atoms with Gasteiger partial charge in [-0.05, 0) is 0 Å². The lowest BCUT2D eigenvalue weighted by atomic mass is 10.4. The van der Waals surface area contributed by atoms with E-state index in [-0.39, 0.29) is 0 Å². The van der Waals surface area contributed by atoms with E-state index in [1.807, 2.05) is 0 Å². The van der Waals surface area contributed by atoms with E-state index in [2.05, 4.69) is 4.99 Å². The Hall–Kier alpha value is -2.05. The summed E-state index contributed by atoms with van der Waals surface area (Å²) in [6, 6.07) is 0. The maximum atomic E-state index is 10.2. The average Bonchev–Trinajstić information content (AvgIpc) is 1.83. The zero-order chi connectivity index (χ0) is 9.72. The number of guanidine groups is 1. The van der Waals surface area contributed by atoms with Crippen LogP contribution in [0.3, 0.4) is 0 Å². The van der Waals surface area contributed by atoms with E-state index in [0.29, 0.717) is 6.08 Å². The average molecular weight is 173 g/mol. The number of hydrogen-bond donors (Lipinski definition) is 4. The lowest BCUT2D eigenvalue weighted by molar-refractivity contribution is -0.135. The van der Waals surface area contributed by atoms with Crippen molar-refractivity contribution in [2.24, 2.45) is 16.5 Å². The first-order valence-corrected chi connectivity index (χ1v) is 2.71. The molecule has 66 valence electrons. The van der Waals surface area contributed by atoms with E-state index in [1.165, 1.54) is 0 Å². The van der Waals surface area contributed by atoms with Crippen LogP contribution in [0.1, 0.15) is 0 Å². The van der Waals surface area contributed by atoms with Crippen LogP contribution in [0.25, 0.3) is 0 Å². The Balaban J connectivity index is 4.81. The molecule has 0 aromatic carbocycles. The minimum atomic E-state index is -1.51. The van der Waals surface area contributed by atoms with Gasteiger partial charge in [-0.3, -0.25) is 0 Å². The summed E-state index contributed by atoms with van der Waals surface area (Å²) < 4.78 is 0. The highest BCUT2D eigenvalue weighted by atomic mass is 16.4. The molecule has 0 rings (SSSR count). The number of nitrogens with two attached hydrogens (primary N) is 2. The molecule has 0 aromatic heterocycles. The molecule has 0 spiro atoms. The van der Waals surface area contributed by atoms with Crippen molar-refractivity contribution < 1.29 is 19.8 Å². The molecule has 0 bridgehead atoms. The summed E-state index contributed by atoms with van der Waals surface area (Å²) in [4.78, 5) is 23.3. The predicted octanol–water partition coefficient (Wildman–Crippen LogP) is -1.69. The van der Waals surface area contributed by atoms with Crippen LogP contribution in [0.2, 0.25) is 0 Å². The van der Waals surface area contributed by atoms with Crippen molar-refractivity contribution in [3.05, 3.63) is 11.8 Å². The second-order valence-corrected chi connectivity index (χ2v) is 1.71. The molecule has 0 aliphatic heterocycles. The standard InChI is InChI=1S/C5H7N3O4/c6-5(7)8-2(4(11)12)1-3(9)10/h1H,(H,9,10)(H,11,12)(H4,6,7,8)/b2-1+. The minimum absolute atomic E-state index is 0.391. The Morgan fingerprint density at radius 3 is 2.00 bits per heavy atom. The summed E-state index contributed by atoms with van der Waals surface area (Å²) in [7, 11) is 0. The SMILES string of the molecule is NC(N)=N/C(=C/C(=O)O)C(=O)O. The van der Waals surface area contributed by atoms with Gasteiger partial charge in [0.25, 0.3) is 0 Å². The molecule has 7 nitrogen and oxygen atoms in total. The van der Waals surface area contributed by atoms with Gasteiger partial charge in [0.1, 0.15) is 0 Å². The van der Waals surface area contributed by atoms with Gasteiger partial charge in [-0.25, -0.2) is 14.6 Å². The van der Waals surface area contributed by atoms with Crippen LogP contribution in [-0.4, -0.2) is 28.1 Å². The molecule has 0 aromatic rings. The number of rotatable bonds is 3. The largest absolute Gasteiger partial charge is 0.478 e. The number of carboxylic acid groups (broad SMARTS) is 2. The highest BCUT2D eigenvalue weighted by Gasteiger charge is 2.07. The number of aliphatic imine (C=N–C) groups is 1. The number of nitrogens with zero attached hydrogens (tertiary/aromatic N) is 1. The molecule has 0 aliphatic carbocycles. The van der Waals surface area contributed by atoms with Crippen molar-refractivity contribution >= 4 is 17.9 Å². The van der Waals surface area contributed by atoms with Gasteiger partial charge in [0.2, 0.25) is 0 Å². The molecule has 0 aliphatic rings. The number of aliphatic carboxylic acids is 2. The van der Waals surface area contributed by atoms with Crippen LogP contribution in [-0.2, 0) is 9.59 Å². The first-order chi connectivity index (χ1) is 5.43. The molecule has 0 fully saturated rings. The molecule has 0 saturated heterocycles. The fourth-order valence-electron chi connectivity index (χ4n) is 0.398. The van der Waals surface area contributed by atoms with Crippen LogP contribution >= 0.6 is 0 Å². The lowest BCUT2D eigenvalue weighted by Crippen LogP contribution is -2.23. The van der Waals surface area contributed by atoms with Gasteiger partial charge in [-0.1, -0.05) is 0 Å². The quantitative estimate of drug-likeness (QED) is 0.228. The highest BCUT2D eigenvalue weighted by Crippen LogP contribution is 1.95. The van der Waals surface area contributed by atoms with Gasteiger partial charge in [0.05, 0.1) is 6.08 Å². The maximum Gasteiger partial charge on any atom is 0.354 e. The van der Waals surface area contributed by atoms with Crippen molar-refractivity contribution in [2.75, 3.05) is 0 Å². The maximum absolute atomic E-state index is 10.2. The minimum Gasteiger partial charge on any atom is -0.478 e. The predicted molar refractivity (Wildman–Crippen MR) is 39.2 cm³/mol. The Kier molecular flexibility index (Phi) is 3.28. The van der Waals surface area contributed by atoms with E-state index in [4.69, 9.17) is 21.7 Å². The molecule has 0 atom stereocenters. The van der Waals surface area contributed by atoms with E-state index in [0.717, 1.165) is 0 Å².